The lowest BCUT2D eigenvalue weighted by molar-refractivity contribution is 0.103. The van der Waals surface area contributed by atoms with E-state index in [-0.39, 0.29) is 21.9 Å². The van der Waals surface area contributed by atoms with Crippen molar-refractivity contribution in [2.24, 2.45) is 0 Å². The number of ketones is 1. The molecule has 0 radical (unpaired) electrons. The van der Waals surface area contributed by atoms with Crippen LogP contribution in [0.2, 0.25) is 0 Å². The number of nitrogens with zero attached hydrogens (tertiary/aromatic N) is 3. The molecule has 0 spiro atoms. The summed E-state index contributed by atoms with van der Waals surface area (Å²) in [7, 11) is -4.02. The Morgan fingerprint density at radius 2 is 1.68 bits per heavy atom. The summed E-state index contributed by atoms with van der Waals surface area (Å²) in [6, 6.07) is 25.2. The van der Waals surface area contributed by atoms with E-state index in [2.05, 4.69) is 9.55 Å². The fourth-order valence-corrected chi connectivity index (χ4v) is 8.02. The number of fused-ring (bicyclic) bond motifs is 2. The molecule has 0 amide bonds. The van der Waals surface area contributed by atoms with Crippen molar-refractivity contribution in [2.45, 2.75) is 16.0 Å². The second-order valence-corrected chi connectivity index (χ2v) is 12.6. The van der Waals surface area contributed by atoms with Crippen molar-refractivity contribution in [2.75, 3.05) is 0 Å². The van der Waals surface area contributed by atoms with Crippen LogP contribution < -0.4 is 0 Å². The molecule has 0 aliphatic carbocycles. The van der Waals surface area contributed by atoms with Gasteiger partial charge in [0.15, 0.2) is 5.78 Å². The largest absolute Gasteiger partial charge is 0.333 e. The van der Waals surface area contributed by atoms with Crippen molar-refractivity contribution in [3.63, 3.8) is 0 Å². The molecule has 0 saturated heterocycles. The third kappa shape index (κ3) is 4.29. The van der Waals surface area contributed by atoms with Gasteiger partial charge >= 0.3 is 0 Å². The number of aromatic nitrogens is 3. The van der Waals surface area contributed by atoms with E-state index in [9.17, 15) is 17.6 Å². The fraction of sp³-hybridized carbons (Fsp3) is 0.0625. The third-order valence-corrected chi connectivity index (χ3v) is 10.3. The lowest BCUT2D eigenvalue weighted by Crippen LogP contribution is -2.12. The van der Waals surface area contributed by atoms with E-state index < -0.39 is 10.0 Å². The Balaban J connectivity index is 1.37. The highest BCUT2D eigenvalue weighted by Gasteiger charge is 2.31. The van der Waals surface area contributed by atoms with E-state index in [1.165, 1.54) is 34.4 Å². The number of carbonyl (C=O) groups excluding carboxylic acids is 1. The van der Waals surface area contributed by atoms with Crippen LogP contribution in [-0.2, 0) is 15.8 Å². The summed E-state index contributed by atoms with van der Waals surface area (Å²) >= 11 is 1.71. The van der Waals surface area contributed by atoms with Gasteiger partial charge < -0.3 is 4.57 Å². The molecule has 1 unspecified atom stereocenters. The molecular formula is C32H22FN3O3S2. The van der Waals surface area contributed by atoms with Gasteiger partial charge in [-0.2, -0.15) is 0 Å². The molecule has 7 rings (SSSR count). The zero-order chi connectivity index (χ0) is 28.1. The summed E-state index contributed by atoms with van der Waals surface area (Å²) in [5, 5.41) is 0.535. The number of carbonyl (C=O) groups is 1. The molecule has 4 heterocycles. The van der Waals surface area contributed by atoms with Gasteiger partial charge in [0.1, 0.15) is 11.2 Å². The number of benzene rings is 3. The van der Waals surface area contributed by atoms with Crippen LogP contribution in [0, 0.1) is 5.82 Å². The minimum atomic E-state index is -4.02. The maximum Gasteiger partial charge on any atom is 0.268 e. The van der Waals surface area contributed by atoms with Crippen LogP contribution in [0.1, 0.15) is 32.6 Å². The van der Waals surface area contributed by atoms with Crippen molar-refractivity contribution in [3.05, 3.63) is 144 Å². The van der Waals surface area contributed by atoms with Crippen LogP contribution in [-0.4, -0.2) is 27.7 Å². The summed E-state index contributed by atoms with van der Waals surface area (Å²) in [5.74, 6) is 0.0399. The molecule has 3 aromatic heterocycles. The highest BCUT2D eigenvalue weighted by Crippen LogP contribution is 2.43. The van der Waals surface area contributed by atoms with Gasteiger partial charge in [0, 0.05) is 58.3 Å². The number of hydrogen-bond acceptors (Lipinski definition) is 5. The van der Waals surface area contributed by atoms with Gasteiger partial charge in [-0.15, -0.1) is 11.8 Å². The summed E-state index contributed by atoms with van der Waals surface area (Å²) in [4.78, 5) is 18.5. The second kappa shape index (κ2) is 9.87. The summed E-state index contributed by atoms with van der Waals surface area (Å²) in [6.45, 7) is 0. The smallest absolute Gasteiger partial charge is 0.268 e. The van der Waals surface area contributed by atoms with Gasteiger partial charge in [0.25, 0.3) is 10.0 Å². The molecule has 6 aromatic rings. The van der Waals surface area contributed by atoms with Gasteiger partial charge in [-0.3, -0.25) is 9.78 Å². The van der Waals surface area contributed by atoms with E-state index in [1.807, 2.05) is 36.7 Å². The maximum atomic E-state index is 14.1. The van der Waals surface area contributed by atoms with E-state index in [0.717, 1.165) is 16.8 Å². The monoisotopic (exact) mass is 579 g/mol. The standard InChI is InChI=1S/C32H22FN3O3S2/c33-24-11-8-21(9-12-24)22-10-13-26-28(19-36(29(26)17-22)41(38,39)25-6-2-1-3-7-25)31(37)27-14-16-35-30(27)20-40-32(35)23-5-4-15-34-18-23/h1-19,32H,20H2. The first-order valence-corrected chi connectivity index (χ1v) is 15.4. The number of hydrogen-bond donors (Lipinski definition) is 0. The molecule has 6 nitrogen and oxygen atoms in total. The van der Waals surface area contributed by atoms with Crippen LogP contribution in [0.15, 0.2) is 121 Å². The molecule has 0 N–H and O–H groups in total. The Kier molecular flexibility index (Phi) is 6.13. The minimum absolute atomic E-state index is 0.0123. The molecule has 0 bridgehead atoms. The molecule has 202 valence electrons. The van der Waals surface area contributed by atoms with E-state index in [1.54, 1.807) is 60.4 Å². The summed E-state index contributed by atoms with van der Waals surface area (Å²) < 4.78 is 44.5. The van der Waals surface area contributed by atoms with Crippen LogP contribution in [0.25, 0.3) is 22.0 Å². The minimum Gasteiger partial charge on any atom is -0.333 e. The molecule has 0 saturated carbocycles. The van der Waals surface area contributed by atoms with E-state index >= 15 is 0 Å². The number of halogens is 1. The first-order valence-electron chi connectivity index (χ1n) is 12.9. The van der Waals surface area contributed by atoms with Crippen molar-refractivity contribution < 1.29 is 17.6 Å². The van der Waals surface area contributed by atoms with E-state index in [0.29, 0.717) is 33.3 Å². The van der Waals surface area contributed by atoms with Gasteiger partial charge in [0.05, 0.1) is 10.4 Å². The first-order chi connectivity index (χ1) is 19.9. The Labute approximate surface area is 240 Å². The summed E-state index contributed by atoms with van der Waals surface area (Å²) in [6.07, 6.45) is 6.89. The highest BCUT2D eigenvalue weighted by atomic mass is 32.2. The third-order valence-electron chi connectivity index (χ3n) is 7.36. The van der Waals surface area contributed by atoms with Crippen molar-refractivity contribution in [3.8, 4) is 11.1 Å². The summed E-state index contributed by atoms with van der Waals surface area (Å²) in [5.41, 5.74) is 4.59. The van der Waals surface area contributed by atoms with E-state index in [4.69, 9.17) is 0 Å². The molecule has 0 fully saturated rings. The van der Waals surface area contributed by atoms with Gasteiger partial charge in [0.2, 0.25) is 0 Å². The Morgan fingerprint density at radius 1 is 0.902 bits per heavy atom. The van der Waals surface area contributed by atoms with Crippen LogP contribution in [0.3, 0.4) is 0 Å². The molecule has 1 aliphatic heterocycles. The Bertz CT molecular complexity index is 2040. The second-order valence-electron chi connectivity index (χ2n) is 9.76. The molecule has 3 aromatic carbocycles. The molecule has 1 atom stereocenters. The lowest BCUT2D eigenvalue weighted by atomic mass is 10.00. The molecule has 1 aliphatic rings. The van der Waals surface area contributed by atoms with Crippen LogP contribution in [0.5, 0.6) is 0 Å². The lowest BCUT2D eigenvalue weighted by Gasteiger charge is -2.11. The van der Waals surface area contributed by atoms with Crippen molar-refractivity contribution in [1.29, 1.82) is 0 Å². The topological polar surface area (TPSA) is 74.0 Å². The molecular weight excluding hydrogens is 558 g/mol. The average Bonchev–Trinajstić information content (AvgIpc) is 3.72. The fourth-order valence-electron chi connectivity index (χ4n) is 5.33. The van der Waals surface area contributed by atoms with Crippen LogP contribution >= 0.6 is 11.8 Å². The quantitative estimate of drug-likeness (QED) is 0.201. The number of pyridine rings is 1. The van der Waals surface area contributed by atoms with Crippen molar-refractivity contribution >= 4 is 38.5 Å². The molecule has 9 heteroatoms. The zero-order valence-electron chi connectivity index (χ0n) is 21.5. The maximum absolute atomic E-state index is 14.1. The number of thioether (sulfide) groups is 1. The zero-order valence-corrected chi connectivity index (χ0v) is 23.1. The predicted octanol–water partition coefficient (Wildman–Crippen LogP) is 6.91. The van der Waals surface area contributed by atoms with Crippen molar-refractivity contribution in [1.82, 2.24) is 13.5 Å². The first kappa shape index (κ1) is 25.5. The average molecular weight is 580 g/mol. The SMILES string of the molecule is O=C(c1ccn2c1CSC2c1cccnc1)c1cn(S(=O)(=O)c2ccccc2)c2cc(-c3ccc(F)cc3)ccc12. The molecule has 41 heavy (non-hydrogen) atoms. The highest BCUT2D eigenvalue weighted by molar-refractivity contribution is 7.99. The van der Waals surface area contributed by atoms with Gasteiger partial charge in [-0.1, -0.05) is 48.5 Å². The number of rotatable bonds is 6. The van der Waals surface area contributed by atoms with Gasteiger partial charge in [-0.25, -0.2) is 16.8 Å². The Hall–Kier alpha value is -4.47. The normalized spacial score (nSPS) is 14.8. The Morgan fingerprint density at radius 3 is 2.44 bits per heavy atom. The van der Waals surface area contributed by atoms with Crippen LogP contribution in [0.4, 0.5) is 4.39 Å². The predicted molar refractivity (Wildman–Crippen MR) is 158 cm³/mol. The van der Waals surface area contributed by atoms with Gasteiger partial charge in [-0.05, 0) is 53.6 Å².